The molecule has 0 amide bonds. The molecule has 0 saturated heterocycles. The van der Waals surface area contributed by atoms with Gasteiger partial charge in [0.1, 0.15) is 5.75 Å². The number of carboxylic acids is 1. The molecule has 1 heterocycles. The van der Waals surface area contributed by atoms with E-state index < -0.39 is 5.97 Å². The highest BCUT2D eigenvalue weighted by Crippen LogP contribution is 2.32. The Kier molecular flexibility index (Phi) is 5.02. The normalized spacial score (nSPS) is 10.9. The second-order valence-electron chi connectivity index (χ2n) is 5.30. The molecule has 4 nitrogen and oxygen atoms in total. The molecule has 24 heavy (non-hydrogen) atoms. The Morgan fingerprint density at radius 2 is 2.00 bits per heavy atom. The Balaban J connectivity index is 2.00. The van der Waals surface area contributed by atoms with Crippen LogP contribution in [-0.2, 0) is 11.2 Å². The van der Waals surface area contributed by atoms with Crippen LogP contribution in [-0.4, -0.2) is 22.2 Å². The van der Waals surface area contributed by atoms with Gasteiger partial charge in [0.15, 0.2) is 0 Å². The van der Waals surface area contributed by atoms with Crippen molar-refractivity contribution in [3.8, 4) is 5.75 Å². The second-order valence-corrected chi connectivity index (χ2v) is 6.79. The van der Waals surface area contributed by atoms with Crippen LogP contribution in [0.2, 0.25) is 5.02 Å². The predicted molar refractivity (Wildman–Crippen MR) is 97.2 cm³/mol. The maximum Gasteiger partial charge on any atom is 0.303 e. The quantitative estimate of drug-likeness (QED) is 0.680. The minimum absolute atomic E-state index is 0.0991. The molecule has 0 unspecified atom stereocenters. The van der Waals surface area contributed by atoms with E-state index in [1.165, 1.54) is 0 Å². The average molecular weight is 362 g/mol. The van der Waals surface area contributed by atoms with Crippen molar-refractivity contribution in [1.29, 1.82) is 0 Å². The molecule has 3 aromatic rings. The third kappa shape index (κ3) is 3.68. The lowest BCUT2D eigenvalue weighted by atomic mass is 10.1. The number of aliphatic carboxylic acids is 1. The molecule has 124 valence electrons. The monoisotopic (exact) mass is 361 g/mol. The maximum absolute atomic E-state index is 10.9. The fourth-order valence-corrected chi connectivity index (χ4v) is 3.55. The molecule has 0 radical (unpaired) electrons. The standard InChI is InChI=1S/C18H16ClNO3S/c1-23-14-5-8-17-16(10-14)12(2-9-18(21)22)11-20(17)24-15-6-3-13(19)4-7-15/h3-8,10-11H,2,9H2,1H3,(H,21,22). The van der Waals surface area contributed by atoms with Crippen molar-refractivity contribution in [2.75, 3.05) is 7.11 Å². The second kappa shape index (κ2) is 7.20. The number of fused-ring (bicyclic) bond motifs is 1. The van der Waals surface area contributed by atoms with E-state index in [1.54, 1.807) is 19.1 Å². The van der Waals surface area contributed by atoms with Gasteiger partial charge in [-0.3, -0.25) is 8.77 Å². The largest absolute Gasteiger partial charge is 0.497 e. The van der Waals surface area contributed by atoms with Crippen LogP contribution in [0.25, 0.3) is 10.9 Å². The van der Waals surface area contributed by atoms with E-state index in [0.717, 1.165) is 27.1 Å². The van der Waals surface area contributed by atoms with Crippen LogP contribution < -0.4 is 4.74 Å². The van der Waals surface area contributed by atoms with E-state index in [4.69, 9.17) is 21.4 Å². The van der Waals surface area contributed by atoms with Crippen molar-refractivity contribution in [1.82, 2.24) is 3.97 Å². The third-order valence-electron chi connectivity index (χ3n) is 3.69. The first-order valence-corrected chi connectivity index (χ1v) is 8.55. The first kappa shape index (κ1) is 16.7. The van der Waals surface area contributed by atoms with E-state index in [1.807, 2.05) is 48.7 Å². The van der Waals surface area contributed by atoms with Crippen LogP contribution in [0.5, 0.6) is 5.75 Å². The molecule has 0 fully saturated rings. The molecule has 0 atom stereocenters. The summed E-state index contributed by atoms with van der Waals surface area (Å²) >= 11 is 7.50. The summed E-state index contributed by atoms with van der Waals surface area (Å²) in [6.07, 6.45) is 2.57. The van der Waals surface area contributed by atoms with E-state index >= 15 is 0 Å². The van der Waals surface area contributed by atoms with E-state index in [2.05, 4.69) is 3.97 Å². The number of nitrogens with zero attached hydrogens (tertiary/aromatic N) is 1. The highest BCUT2D eigenvalue weighted by atomic mass is 35.5. The van der Waals surface area contributed by atoms with Crippen LogP contribution in [0.3, 0.4) is 0 Å². The van der Waals surface area contributed by atoms with Gasteiger partial charge in [0, 0.05) is 27.9 Å². The van der Waals surface area contributed by atoms with Crippen molar-refractivity contribution in [2.45, 2.75) is 17.7 Å². The molecule has 3 rings (SSSR count). The Morgan fingerprint density at radius 1 is 1.25 bits per heavy atom. The van der Waals surface area contributed by atoms with Crippen LogP contribution in [0.15, 0.2) is 53.6 Å². The van der Waals surface area contributed by atoms with Gasteiger partial charge in [-0.25, -0.2) is 0 Å². The van der Waals surface area contributed by atoms with Gasteiger partial charge in [-0.2, -0.15) is 0 Å². The van der Waals surface area contributed by atoms with Gasteiger partial charge < -0.3 is 9.84 Å². The number of benzene rings is 2. The smallest absolute Gasteiger partial charge is 0.303 e. The zero-order chi connectivity index (χ0) is 17.1. The summed E-state index contributed by atoms with van der Waals surface area (Å²) in [5, 5.41) is 10.7. The first-order chi connectivity index (χ1) is 11.6. The zero-order valence-corrected chi connectivity index (χ0v) is 14.6. The van der Waals surface area contributed by atoms with Gasteiger partial charge in [-0.05, 0) is 66.4 Å². The first-order valence-electron chi connectivity index (χ1n) is 7.40. The zero-order valence-electron chi connectivity index (χ0n) is 13.0. The van der Waals surface area contributed by atoms with E-state index in [-0.39, 0.29) is 6.42 Å². The molecular weight excluding hydrogens is 346 g/mol. The maximum atomic E-state index is 10.9. The Morgan fingerprint density at radius 3 is 2.67 bits per heavy atom. The highest BCUT2D eigenvalue weighted by molar-refractivity contribution is 7.98. The lowest BCUT2D eigenvalue weighted by Gasteiger charge is -2.05. The van der Waals surface area contributed by atoms with E-state index in [0.29, 0.717) is 11.4 Å². The number of carbonyl (C=O) groups is 1. The lowest BCUT2D eigenvalue weighted by molar-refractivity contribution is -0.136. The third-order valence-corrected chi connectivity index (χ3v) is 4.92. The summed E-state index contributed by atoms with van der Waals surface area (Å²) in [4.78, 5) is 12.0. The van der Waals surface area contributed by atoms with Crippen molar-refractivity contribution in [2.24, 2.45) is 0 Å². The molecule has 2 aromatic carbocycles. The number of hydrogen-bond acceptors (Lipinski definition) is 3. The molecule has 6 heteroatoms. The topological polar surface area (TPSA) is 51.5 Å². The summed E-state index contributed by atoms with van der Waals surface area (Å²) < 4.78 is 7.35. The van der Waals surface area contributed by atoms with Gasteiger partial charge in [0.05, 0.1) is 12.6 Å². The molecule has 0 spiro atoms. The highest BCUT2D eigenvalue weighted by Gasteiger charge is 2.12. The molecule has 0 aliphatic carbocycles. The van der Waals surface area contributed by atoms with E-state index in [9.17, 15) is 4.79 Å². The van der Waals surface area contributed by atoms with Crippen molar-refractivity contribution in [3.05, 3.63) is 59.2 Å². The lowest BCUT2D eigenvalue weighted by Crippen LogP contribution is -1.96. The van der Waals surface area contributed by atoms with Crippen molar-refractivity contribution in [3.63, 3.8) is 0 Å². The van der Waals surface area contributed by atoms with Crippen molar-refractivity contribution >= 4 is 40.4 Å². The van der Waals surface area contributed by atoms with Crippen LogP contribution in [0.4, 0.5) is 0 Å². The number of rotatable bonds is 6. The summed E-state index contributed by atoms with van der Waals surface area (Å²) in [6.45, 7) is 0. The summed E-state index contributed by atoms with van der Waals surface area (Å²) in [6, 6.07) is 13.5. The molecule has 0 aliphatic heterocycles. The van der Waals surface area contributed by atoms with Gasteiger partial charge in [-0.1, -0.05) is 11.6 Å². The molecule has 1 aromatic heterocycles. The number of aryl methyl sites for hydroxylation is 1. The number of aromatic nitrogens is 1. The van der Waals surface area contributed by atoms with Gasteiger partial charge in [-0.15, -0.1) is 0 Å². The van der Waals surface area contributed by atoms with Crippen LogP contribution >= 0.6 is 23.5 Å². The van der Waals surface area contributed by atoms with Crippen molar-refractivity contribution < 1.29 is 14.6 Å². The molecule has 0 saturated carbocycles. The minimum atomic E-state index is -0.802. The molecular formula is C18H16ClNO3S. The van der Waals surface area contributed by atoms with Crippen LogP contribution in [0, 0.1) is 0 Å². The number of methoxy groups -OCH3 is 1. The number of ether oxygens (including phenoxy) is 1. The minimum Gasteiger partial charge on any atom is -0.497 e. The molecule has 0 bridgehead atoms. The summed E-state index contributed by atoms with van der Waals surface area (Å²) in [5.41, 5.74) is 2.02. The Labute approximate surface area is 149 Å². The summed E-state index contributed by atoms with van der Waals surface area (Å²) in [7, 11) is 1.62. The molecule has 0 aliphatic rings. The fourth-order valence-electron chi connectivity index (χ4n) is 2.50. The fraction of sp³-hybridized carbons (Fsp3) is 0.167. The van der Waals surface area contributed by atoms with Gasteiger partial charge in [0.25, 0.3) is 0 Å². The molecule has 1 N–H and O–H groups in total. The number of carboxylic acid groups (broad SMARTS) is 1. The van der Waals surface area contributed by atoms with Crippen LogP contribution in [0.1, 0.15) is 12.0 Å². The Bertz CT molecular complexity index is 874. The van der Waals surface area contributed by atoms with Gasteiger partial charge >= 0.3 is 5.97 Å². The number of halogens is 1. The summed E-state index contributed by atoms with van der Waals surface area (Å²) in [5.74, 6) is -0.0440. The Hall–Kier alpha value is -2.11. The van der Waals surface area contributed by atoms with Gasteiger partial charge in [0.2, 0.25) is 0 Å². The SMILES string of the molecule is COc1ccc2c(c1)c(CCC(=O)O)cn2Sc1ccc(Cl)cc1. The predicted octanol–water partition coefficient (Wildman–Crippen LogP) is 4.88. The number of hydrogen-bond donors (Lipinski definition) is 1. The average Bonchev–Trinajstić information content (AvgIpc) is 2.92.